The number of primary amides is 1. The van der Waals surface area contributed by atoms with Gasteiger partial charge in [-0.3, -0.25) is 9.59 Å². The minimum Gasteiger partial charge on any atom is -0.369 e. The molecule has 1 atom stereocenters. The van der Waals surface area contributed by atoms with E-state index >= 15 is 0 Å². The third-order valence-electron chi connectivity index (χ3n) is 2.73. The minimum atomic E-state index is -0.373. The van der Waals surface area contributed by atoms with Crippen LogP contribution < -0.4 is 5.73 Å². The number of carbonyl (C=O) groups excluding carboxylic acids is 2. The molecule has 2 amide bonds. The lowest BCUT2D eigenvalue weighted by atomic mass is 10.1. The van der Waals surface area contributed by atoms with E-state index in [4.69, 9.17) is 17.3 Å². The van der Waals surface area contributed by atoms with Gasteiger partial charge in [-0.25, -0.2) is 0 Å². The maximum absolute atomic E-state index is 12.0. The molecule has 0 aliphatic carbocycles. The predicted octanol–water partition coefficient (Wildman–Crippen LogP) is 0.0774. The summed E-state index contributed by atoms with van der Waals surface area (Å²) in [6, 6.07) is 3.01. The Kier molecular flexibility index (Phi) is 3.23. The molecule has 0 bridgehead atoms. The zero-order valence-corrected chi connectivity index (χ0v) is 9.72. The normalized spacial score (nSPS) is 19.4. The third-order valence-corrected chi connectivity index (χ3v) is 2.93. The van der Waals surface area contributed by atoms with E-state index in [-0.39, 0.29) is 28.6 Å². The Labute approximate surface area is 103 Å². The maximum atomic E-state index is 12.0. The van der Waals surface area contributed by atoms with Crippen molar-refractivity contribution in [3.8, 4) is 0 Å². The van der Waals surface area contributed by atoms with Crippen molar-refractivity contribution < 1.29 is 9.59 Å². The van der Waals surface area contributed by atoms with Crippen LogP contribution >= 0.6 is 11.6 Å². The second-order valence-corrected chi connectivity index (χ2v) is 4.27. The Bertz CT molecular complexity index is 448. The molecule has 2 heterocycles. The maximum Gasteiger partial charge on any atom is 0.274 e. The van der Waals surface area contributed by atoms with E-state index in [1.54, 1.807) is 4.90 Å². The van der Waals surface area contributed by atoms with Gasteiger partial charge in [-0.1, -0.05) is 11.6 Å². The molecule has 2 rings (SSSR count). The quantitative estimate of drug-likeness (QED) is 0.809. The van der Waals surface area contributed by atoms with Gasteiger partial charge in [0.05, 0.1) is 5.92 Å². The Morgan fingerprint density at radius 2 is 2.18 bits per heavy atom. The molecule has 90 valence electrons. The van der Waals surface area contributed by atoms with Crippen LogP contribution in [0.2, 0.25) is 5.15 Å². The van der Waals surface area contributed by atoms with Gasteiger partial charge in [-0.2, -0.15) is 0 Å². The highest BCUT2D eigenvalue weighted by molar-refractivity contribution is 6.29. The molecule has 1 unspecified atom stereocenters. The number of aromatic nitrogens is 2. The lowest BCUT2D eigenvalue weighted by Crippen LogP contribution is -2.32. The first-order chi connectivity index (χ1) is 8.08. The molecular formula is C10H11ClN4O2. The summed E-state index contributed by atoms with van der Waals surface area (Å²) >= 11 is 5.58. The van der Waals surface area contributed by atoms with Crippen LogP contribution in [0.5, 0.6) is 0 Å². The van der Waals surface area contributed by atoms with Gasteiger partial charge >= 0.3 is 0 Å². The summed E-state index contributed by atoms with van der Waals surface area (Å²) in [5, 5.41) is 7.54. The lowest BCUT2D eigenvalue weighted by Gasteiger charge is -2.14. The van der Waals surface area contributed by atoms with Crippen LogP contribution in [-0.2, 0) is 4.79 Å². The molecule has 1 aromatic heterocycles. The molecule has 1 aliphatic rings. The van der Waals surface area contributed by atoms with Crippen molar-refractivity contribution in [1.29, 1.82) is 0 Å². The highest BCUT2D eigenvalue weighted by atomic mass is 35.5. The van der Waals surface area contributed by atoms with E-state index in [0.29, 0.717) is 19.5 Å². The van der Waals surface area contributed by atoms with Crippen LogP contribution in [0, 0.1) is 5.92 Å². The average Bonchev–Trinajstić information content (AvgIpc) is 2.78. The SMILES string of the molecule is NC(=O)C1CCN(C(=O)c2ccc(Cl)nn2)C1. The third kappa shape index (κ3) is 2.52. The molecule has 1 aliphatic heterocycles. The van der Waals surface area contributed by atoms with Crippen molar-refractivity contribution in [2.45, 2.75) is 6.42 Å². The molecule has 2 N–H and O–H groups in total. The van der Waals surface area contributed by atoms with Crippen molar-refractivity contribution in [3.05, 3.63) is 23.0 Å². The first kappa shape index (κ1) is 11.8. The number of hydrogen-bond acceptors (Lipinski definition) is 4. The molecule has 6 nitrogen and oxygen atoms in total. The number of halogens is 1. The Balaban J connectivity index is 2.07. The van der Waals surface area contributed by atoms with Crippen molar-refractivity contribution in [2.75, 3.05) is 13.1 Å². The summed E-state index contributed by atoms with van der Waals surface area (Å²) in [6.07, 6.45) is 0.599. The summed E-state index contributed by atoms with van der Waals surface area (Å²) < 4.78 is 0. The van der Waals surface area contributed by atoms with E-state index in [9.17, 15) is 9.59 Å². The molecular weight excluding hydrogens is 244 g/mol. The summed E-state index contributed by atoms with van der Waals surface area (Å²) in [7, 11) is 0. The van der Waals surface area contributed by atoms with Gasteiger partial charge in [0, 0.05) is 13.1 Å². The highest BCUT2D eigenvalue weighted by Crippen LogP contribution is 2.17. The molecule has 7 heteroatoms. The number of rotatable bonds is 2. The first-order valence-electron chi connectivity index (χ1n) is 5.16. The minimum absolute atomic E-state index is 0.222. The zero-order valence-electron chi connectivity index (χ0n) is 8.97. The molecule has 0 spiro atoms. The molecule has 0 radical (unpaired) electrons. The van der Waals surface area contributed by atoms with Gasteiger partial charge < -0.3 is 10.6 Å². The van der Waals surface area contributed by atoms with Crippen LogP contribution in [0.1, 0.15) is 16.9 Å². The molecule has 17 heavy (non-hydrogen) atoms. The Morgan fingerprint density at radius 1 is 1.41 bits per heavy atom. The van der Waals surface area contributed by atoms with Crippen LogP contribution in [0.4, 0.5) is 0 Å². The zero-order chi connectivity index (χ0) is 12.4. The summed E-state index contributed by atoms with van der Waals surface area (Å²) in [5.41, 5.74) is 5.42. The summed E-state index contributed by atoms with van der Waals surface area (Å²) in [4.78, 5) is 24.5. The lowest BCUT2D eigenvalue weighted by molar-refractivity contribution is -0.121. The van der Waals surface area contributed by atoms with Crippen LogP contribution in [0.25, 0.3) is 0 Å². The van der Waals surface area contributed by atoms with E-state index in [1.165, 1.54) is 12.1 Å². The van der Waals surface area contributed by atoms with E-state index in [1.807, 2.05) is 0 Å². The molecule has 1 aromatic rings. The van der Waals surface area contributed by atoms with Crippen LogP contribution in [0.15, 0.2) is 12.1 Å². The summed E-state index contributed by atoms with van der Waals surface area (Å²) in [5.74, 6) is -0.889. The first-order valence-corrected chi connectivity index (χ1v) is 5.53. The fourth-order valence-electron chi connectivity index (χ4n) is 1.77. The predicted molar refractivity (Wildman–Crippen MR) is 60.2 cm³/mol. The van der Waals surface area contributed by atoms with Gasteiger partial charge in [0.15, 0.2) is 10.8 Å². The fraction of sp³-hybridized carbons (Fsp3) is 0.400. The monoisotopic (exact) mass is 254 g/mol. The largest absolute Gasteiger partial charge is 0.369 e. The molecule has 1 fully saturated rings. The van der Waals surface area contributed by atoms with Crippen molar-refractivity contribution >= 4 is 23.4 Å². The van der Waals surface area contributed by atoms with E-state index < -0.39 is 0 Å². The number of nitrogens with zero attached hydrogens (tertiary/aromatic N) is 3. The standard InChI is InChI=1S/C10H11ClN4O2/c11-8-2-1-7(13-14-8)10(17)15-4-3-6(5-15)9(12)16/h1-2,6H,3-5H2,(H2,12,16). The number of hydrogen-bond donors (Lipinski definition) is 1. The second kappa shape index (κ2) is 4.67. The number of amides is 2. The number of nitrogens with two attached hydrogens (primary N) is 1. The molecule has 1 saturated heterocycles. The van der Waals surface area contributed by atoms with Gasteiger partial charge in [-0.05, 0) is 18.6 Å². The van der Waals surface area contributed by atoms with E-state index in [2.05, 4.69) is 10.2 Å². The number of likely N-dealkylation sites (tertiary alicyclic amines) is 1. The smallest absolute Gasteiger partial charge is 0.274 e. The van der Waals surface area contributed by atoms with Crippen LogP contribution in [0.3, 0.4) is 0 Å². The topological polar surface area (TPSA) is 89.2 Å². The van der Waals surface area contributed by atoms with E-state index in [0.717, 1.165) is 0 Å². The fourth-order valence-corrected chi connectivity index (χ4v) is 1.87. The van der Waals surface area contributed by atoms with Crippen LogP contribution in [-0.4, -0.2) is 40.0 Å². The Hall–Kier alpha value is -1.69. The van der Waals surface area contributed by atoms with Gasteiger partial charge in [-0.15, -0.1) is 10.2 Å². The van der Waals surface area contributed by atoms with Gasteiger partial charge in [0.1, 0.15) is 0 Å². The molecule has 0 saturated carbocycles. The molecule has 0 aromatic carbocycles. The highest BCUT2D eigenvalue weighted by Gasteiger charge is 2.30. The van der Waals surface area contributed by atoms with Crippen molar-refractivity contribution in [2.24, 2.45) is 11.7 Å². The number of carbonyl (C=O) groups is 2. The van der Waals surface area contributed by atoms with Crippen molar-refractivity contribution in [3.63, 3.8) is 0 Å². The van der Waals surface area contributed by atoms with Gasteiger partial charge in [0.2, 0.25) is 5.91 Å². The van der Waals surface area contributed by atoms with Crippen molar-refractivity contribution in [1.82, 2.24) is 15.1 Å². The summed E-state index contributed by atoms with van der Waals surface area (Å²) in [6.45, 7) is 0.856. The average molecular weight is 255 g/mol. The van der Waals surface area contributed by atoms with Gasteiger partial charge in [0.25, 0.3) is 5.91 Å². The Morgan fingerprint density at radius 3 is 2.71 bits per heavy atom. The second-order valence-electron chi connectivity index (χ2n) is 3.88.